The Morgan fingerprint density at radius 1 is 1.10 bits per heavy atom. The van der Waals surface area contributed by atoms with E-state index in [4.69, 9.17) is 4.74 Å². The fraction of sp³-hybridized carbons (Fsp3) is 0.652. The Morgan fingerprint density at radius 2 is 1.74 bits per heavy atom. The summed E-state index contributed by atoms with van der Waals surface area (Å²) in [6, 6.07) is 9.58. The van der Waals surface area contributed by atoms with Crippen molar-refractivity contribution in [2.45, 2.75) is 45.8 Å². The van der Waals surface area contributed by atoms with Gasteiger partial charge in [-0.1, -0.05) is 30.3 Å². The highest BCUT2D eigenvalue weighted by Crippen LogP contribution is 2.20. The quantitative estimate of drug-likeness (QED) is 0.450. The van der Waals surface area contributed by atoms with E-state index in [-0.39, 0.29) is 12.6 Å². The van der Waals surface area contributed by atoms with Crippen molar-refractivity contribution in [1.82, 2.24) is 20.4 Å². The van der Waals surface area contributed by atoms with Crippen LogP contribution in [0.3, 0.4) is 0 Å². The molecule has 1 atom stereocenters. The van der Waals surface area contributed by atoms with E-state index in [0.29, 0.717) is 19.0 Å². The van der Waals surface area contributed by atoms with Crippen LogP contribution < -0.4 is 10.6 Å². The summed E-state index contributed by atoms with van der Waals surface area (Å²) in [6.45, 7) is 15.0. The smallest absolute Gasteiger partial charge is 0.410 e. The Hall–Kier alpha value is -2.32. The Morgan fingerprint density at radius 3 is 2.32 bits per heavy atom. The Bertz CT molecular complexity index is 708. The van der Waals surface area contributed by atoms with E-state index in [0.717, 1.165) is 38.3 Å². The number of nitrogens with zero attached hydrogens (tertiary/aromatic N) is 3. The van der Waals surface area contributed by atoms with Crippen molar-refractivity contribution in [3.8, 4) is 0 Å². The van der Waals surface area contributed by atoms with Gasteiger partial charge in [0.25, 0.3) is 0 Å². The van der Waals surface area contributed by atoms with Crippen molar-refractivity contribution in [1.29, 1.82) is 0 Å². The summed E-state index contributed by atoms with van der Waals surface area (Å²) in [5.41, 5.74) is -0.648. The molecule has 3 N–H and O–H groups in total. The third-order valence-corrected chi connectivity index (χ3v) is 5.03. The zero-order valence-corrected chi connectivity index (χ0v) is 19.6. The molecule has 0 aromatic heterocycles. The second-order valence-corrected chi connectivity index (χ2v) is 9.07. The van der Waals surface area contributed by atoms with Crippen molar-refractivity contribution < 1.29 is 14.6 Å². The van der Waals surface area contributed by atoms with E-state index in [1.54, 1.807) is 11.8 Å². The SMILES string of the molecule is CCNC(=NCC(C)(O)c1ccccc1)NCCN1CCN(C(=O)OC(C)(C)C)CC1. The van der Waals surface area contributed by atoms with Crippen molar-refractivity contribution in [3.05, 3.63) is 35.9 Å². The summed E-state index contributed by atoms with van der Waals surface area (Å²) >= 11 is 0. The van der Waals surface area contributed by atoms with Gasteiger partial charge in [0.1, 0.15) is 11.2 Å². The summed E-state index contributed by atoms with van der Waals surface area (Å²) < 4.78 is 5.45. The minimum Gasteiger partial charge on any atom is -0.444 e. The molecule has 1 saturated heterocycles. The first kappa shape index (κ1) is 24.9. The van der Waals surface area contributed by atoms with Crippen LogP contribution in [0.15, 0.2) is 35.3 Å². The van der Waals surface area contributed by atoms with E-state index in [2.05, 4.69) is 20.5 Å². The maximum Gasteiger partial charge on any atom is 0.410 e. The van der Waals surface area contributed by atoms with Gasteiger partial charge >= 0.3 is 6.09 Å². The highest BCUT2D eigenvalue weighted by Gasteiger charge is 2.26. The first-order chi connectivity index (χ1) is 14.6. The third kappa shape index (κ3) is 8.75. The van der Waals surface area contributed by atoms with Gasteiger partial charge in [-0.05, 0) is 40.2 Å². The standard InChI is InChI=1S/C23H39N5O3/c1-6-24-20(26-18-23(5,30)19-10-8-7-9-11-19)25-12-13-27-14-16-28(17-15-27)21(29)31-22(2,3)4/h7-11,30H,6,12-18H2,1-5H3,(H2,24,25,26). The number of benzene rings is 1. The number of piperazine rings is 1. The van der Waals surface area contributed by atoms with Crippen LogP contribution in [0.1, 0.15) is 40.2 Å². The molecule has 0 spiro atoms. The maximum atomic E-state index is 12.2. The van der Waals surface area contributed by atoms with Gasteiger partial charge in [-0.2, -0.15) is 0 Å². The van der Waals surface area contributed by atoms with Crippen molar-refractivity contribution in [3.63, 3.8) is 0 Å². The number of aliphatic hydroxyl groups is 1. The Labute approximate surface area is 186 Å². The molecule has 1 aromatic carbocycles. The number of carbonyl (C=O) groups is 1. The van der Waals surface area contributed by atoms with Crippen LogP contribution in [0.4, 0.5) is 4.79 Å². The number of aliphatic imine (C=N–C) groups is 1. The van der Waals surface area contributed by atoms with Crippen LogP contribution in [0, 0.1) is 0 Å². The van der Waals surface area contributed by atoms with Crippen LogP contribution in [0.25, 0.3) is 0 Å². The van der Waals surface area contributed by atoms with Crippen LogP contribution in [-0.2, 0) is 10.3 Å². The number of carbonyl (C=O) groups excluding carboxylic acids is 1. The lowest BCUT2D eigenvalue weighted by Crippen LogP contribution is -2.51. The summed E-state index contributed by atoms with van der Waals surface area (Å²) in [5.74, 6) is 0.686. The van der Waals surface area contributed by atoms with Crippen LogP contribution >= 0.6 is 0 Å². The van der Waals surface area contributed by atoms with Gasteiger partial charge < -0.3 is 25.4 Å². The van der Waals surface area contributed by atoms with Gasteiger partial charge in [-0.3, -0.25) is 4.90 Å². The number of amides is 1. The normalized spacial score (nSPS) is 17.7. The molecule has 1 aliphatic heterocycles. The lowest BCUT2D eigenvalue weighted by atomic mass is 9.96. The van der Waals surface area contributed by atoms with Crippen molar-refractivity contribution in [2.75, 3.05) is 52.4 Å². The molecule has 0 radical (unpaired) electrons. The number of ether oxygens (including phenoxy) is 1. The van der Waals surface area contributed by atoms with Crippen LogP contribution in [0.5, 0.6) is 0 Å². The third-order valence-electron chi connectivity index (χ3n) is 5.03. The number of guanidine groups is 1. The van der Waals surface area contributed by atoms with E-state index < -0.39 is 11.2 Å². The largest absolute Gasteiger partial charge is 0.444 e. The van der Waals surface area contributed by atoms with Crippen molar-refractivity contribution >= 4 is 12.1 Å². The monoisotopic (exact) mass is 433 g/mol. The molecule has 1 unspecified atom stereocenters. The summed E-state index contributed by atoms with van der Waals surface area (Å²) in [4.78, 5) is 20.8. The highest BCUT2D eigenvalue weighted by molar-refractivity contribution is 5.79. The predicted molar refractivity (Wildman–Crippen MR) is 124 cm³/mol. The molecule has 0 aliphatic carbocycles. The molecule has 31 heavy (non-hydrogen) atoms. The maximum absolute atomic E-state index is 12.2. The van der Waals surface area contributed by atoms with Gasteiger partial charge in [0.05, 0.1) is 6.54 Å². The van der Waals surface area contributed by atoms with E-state index in [9.17, 15) is 9.90 Å². The lowest BCUT2D eigenvalue weighted by Gasteiger charge is -2.35. The molecule has 1 aliphatic rings. The number of hydrogen-bond acceptors (Lipinski definition) is 5. The fourth-order valence-electron chi connectivity index (χ4n) is 3.28. The molecule has 1 fully saturated rings. The zero-order valence-electron chi connectivity index (χ0n) is 19.6. The summed E-state index contributed by atoms with van der Waals surface area (Å²) in [7, 11) is 0. The van der Waals surface area contributed by atoms with Crippen LogP contribution in [-0.4, -0.2) is 84.9 Å². The predicted octanol–water partition coefficient (Wildman–Crippen LogP) is 2.00. The molecule has 8 heteroatoms. The Kier molecular flexibility index (Phi) is 9.13. The molecule has 8 nitrogen and oxygen atoms in total. The first-order valence-corrected chi connectivity index (χ1v) is 11.1. The molecular formula is C23H39N5O3. The molecule has 174 valence electrons. The Balaban J connectivity index is 1.77. The number of rotatable bonds is 7. The zero-order chi connectivity index (χ0) is 22.9. The lowest BCUT2D eigenvalue weighted by molar-refractivity contribution is 0.0147. The number of nitrogens with one attached hydrogen (secondary N) is 2. The highest BCUT2D eigenvalue weighted by atomic mass is 16.6. The van der Waals surface area contributed by atoms with E-state index in [1.165, 1.54) is 0 Å². The molecule has 0 bridgehead atoms. The molecular weight excluding hydrogens is 394 g/mol. The fourth-order valence-corrected chi connectivity index (χ4v) is 3.28. The minimum absolute atomic E-state index is 0.239. The molecule has 1 heterocycles. The van der Waals surface area contributed by atoms with Gasteiger partial charge in [0, 0.05) is 45.8 Å². The molecule has 1 amide bonds. The average Bonchev–Trinajstić information content (AvgIpc) is 2.72. The second-order valence-electron chi connectivity index (χ2n) is 9.07. The minimum atomic E-state index is -1.03. The molecule has 1 aromatic rings. The first-order valence-electron chi connectivity index (χ1n) is 11.1. The summed E-state index contributed by atoms with van der Waals surface area (Å²) in [5, 5.41) is 17.3. The van der Waals surface area contributed by atoms with Crippen LogP contribution in [0.2, 0.25) is 0 Å². The average molecular weight is 434 g/mol. The second kappa shape index (κ2) is 11.3. The van der Waals surface area contributed by atoms with Gasteiger partial charge in [0.15, 0.2) is 5.96 Å². The van der Waals surface area contributed by atoms with Gasteiger partial charge in [-0.15, -0.1) is 0 Å². The number of hydrogen-bond donors (Lipinski definition) is 3. The summed E-state index contributed by atoms with van der Waals surface area (Å²) in [6.07, 6.45) is -0.239. The van der Waals surface area contributed by atoms with Gasteiger partial charge in [-0.25, -0.2) is 9.79 Å². The topological polar surface area (TPSA) is 89.4 Å². The van der Waals surface area contributed by atoms with Gasteiger partial charge in [0.2, 0.25) is 0 Å². The molecule has 0 saturated carbocycles. The molecule has 2 rings (SSSR count). The van der Waals surface area contributed by atoms with E-state index in [1.807, 2.05) is 58.0 Å². The van der Waals surface area contributed by atoms with Crippen molar-refractivity contribution in [2.24, 2.45) is 4.99 Å². The van der Waals surface area contributed by atoms with E-state index >= 15 is 0 Å².